The van der Waals surface area contributed by atoms with E-state index < -0.39 is 5.41 Å². The zero-order valence-corrected chi connectivity index (χ0v) is 16.5. The van der Waals surface area contributed by atoms with Gasteiger partial charge < -0.3 is 23.9 Å². The molecule has 0 aliphatic carbocycles. The first-order chi connectivity index (χ1) is 13.6. The molecule has 1 aromatic rings. The second-order valence-electron chi connectivity index (χ2n) is 9.07. The van der Waals surface area contributed by atoms with E-state index in [1.807, 2.05) is 4.90 Å². The predicted octanol–water partition coefficient (Wildman–Crippen LogP) is 1.31. The van der Waals surface area contributed by atoms with Gasteiger partial charge in [0.05, 0.1) is 36.5 Å². The molecule has 0 unspecified atom stereocenters. The maximum absolute atomic E-state index is 13.9. The molecule has 28 heavy (non-hydrogen) atoms. The van der Waals surface area contributed by atoms with Crippen LogP contribution in [0.3, 0.4) is 0 Å². The van der Waals surface area contributed by atoms with Crippen molar-refractivity contribution < 1.29 is 18.7 Å². The van der Waals surface area contributed by atoms with Crippen LogP contribution in [0.25, 0.3) is 0 Å². The van der Waals surface area contributed by atoms with E-state index in [0.29, 0.717) is 23.9 Å². The van der Waals surface area contributed by atoms with Crippen molar-refractivity contribution in [2.45, 2.75) is 25.3 Å². The largest absolute Gasteiger partial charge is 0.472 e. The Morgan fingerprint density at radius 3 is 2.61 bits per heavy atom. The number of carbonyl (C=O) groups is 2. The summed E-state index contributed by atoms with van der Waals surface area (Å²) in [5.41, 5.74) is 0.119. The first kappa shape index (κ1) is 18.2. The average Bonchev–Trinajstić information content (AvgIpc) is 3.43. The molecule has 0 spiro atoms. The number of hydrogen-bond acceptors (Lipinski definition) is 5. The number of likely N-dealkylation sites (N-methyl/N-ethyl adjacent to an activating group) is 1. The molecule has 152 valence electrons. The highest BCUT2D eigenvalue weighted by Gasteiger charge is 2.56. The van der Waals surface area contributed by atoms with Crippen molar-refractivity contribution in [1.29, 1.82) is 0 Å². The number of fused-ring (bicyclic) bond motifs is 2. The third-order valence-corrected chi connectivity index (χ3v) is 7.44. The highest BCUT2D eigenvalue weighted by atomic mass is 16.5. The normalized spacial score (nSPS) is 35.7. The molecule has 0 aromatic carbocycles. The summed E-state index contributed by atoms with van der Waals surface area (Å²) in [5.74, 6) is 1.22. The molecule has 5 heterocycles. The van der Waals surface area contributed by atoms with Crippen molar-refractivity contribution in [3.63, 3.8) is 0 Å². The Kier molecular flexibility index (Phi) is 4.47. The highest BCUT2D eigenvalue weighted by Crippen LogP contribution is 2.45. The molecule has 0 N–H and O–H groups in total. The van der Waals surface area contributed by atoms with Crippen molar-refractivity contribution >= 4 is 11.8 Å². The third kappa shape index (κ3) is 2.78. The fraction of sp³-hybridized carbons (Fsp3) is 0.714. The number of amides is 2. The zero-order valence-electron chi connectivity index (χ0n) is 16.5. The Bertz CT molecular complexity index is 739. The summed E-state index contributed by atoms with van der Waals surface area (Å²) < 4.78 is 10.7. The van der Waals surface area contributed by atoms with Gasteiger partial charge in [-0.1, -0.05) is 0 Å². The number of rotatable bonds is 2. The fourth-order valence-corrected chi connectivity index (χ4v) is 5.85. The van der Waals surface area contributed by atoms with Crippen molar-refractivity contribution in [1.82, 2.24) is 14.7 Å². The molecule has 4 aliphatic heterocycles. The van der Waals surface area contributed by atoms with Crippen molar-refractivity contribution in [3.05, 3.63) is 24.2 Å². The number of nitrogens with zero attached hydrogens (tertiary/aromatic N) is 3. The van der Waals surface area contributed by atoms with Gasteiger partial charge in [0.2, 0.25) is 5.91 Å². The van der Waals surface area contributed by atoms with Gasteiger partial charge in [-0.3, -0.25) is 9.59 Å². The number of ether oxygens (including phenoxy) is 1. The molecule has 5 rings (SSSR count). The van der Waals surface area contributed by atoms with Crippen LogP contribution in [0.4, 0.5) is 0 Å². The first-order valence-corrected chi connectivity index (χ1v) is 10.5. The van der Waals surface area contributed by atoms with Crippen LogP contribution in [-0.4, -0.2) is 85.5 Å². The number of hydrogen-bond donors (Lipinski definition) is 0. The molecule has 4 fully saturated rings. The summed E-state index contributed by atoms with van der Waals surface area (Å²) in [6, 6.07) is 1.64. The van der Waals surface area contributed by atoms with Crippen LogP contribution in [0.2, 0.25) is 0 Å². The molecular formula is C21H29N3O4. The minimum atomic E-state index is -0.455. The van der Waals surface area contributed by atoms with E-state index in [0.717, 1.165) is 58.7 Å². The van der Waals surface area contributed by atoms with Crippen LogP contribution in [0.5, 0.6) is 0 Å². The van der Waals surface area contributed by atoms with E-state index in [1.54, 1.807) is 6.07 Å². The van der Waals surface area contributed by atoms with Gasteiger partial charge in [0, 0.05) is 38.0 Å². The summed E-state index contributed by atoms with van der Waals surface area (Å²) in [5, 5.41) is 0. The molecule has 4 atom stereocenters. The Hall–Kier alpha value is -1.86. The van der Waals surface area contributed by atoms with E-state index in [9.17, 15) is 9.59 Å². The summed E-state index contributed by atoms with van der Waals surface area (Å²) in [6.45, 7) is 5.53. The van der Waals surface area contributed by atoms with E-state index in [4.69, 9.17) is 9.15 Å². The molecule has 0 saturated carbocycles. The quantitative estimate of drug-likeness (QED) is 0.766. The first-order valence-electron chi connectivity index (χ1n) is 10.5. The van der Waals surface area contributed by atoms with Crippen molar-refractivity contribution in [2.75, 3.05) is 53.0 Å². The van der Waals surface area contributed by atoms with Crippen LogP contribution in [0.1, 0.15) is 29.6 Å². The summed E-state index contributed by atoms with van der Waals surface area (Å²) >= 11 is 0. The van der Waals surface area contributed by atoms with E-state index in [-0.39, 0.29) is 17.9 Å². The number of carbonyl (C=O) groups excluding carboxylic acids is 2. The lowest BCUT2D eigenvalue weighted by atomic mass is 9.67. The molecule has 2 amide bonds. The maximum Gasteiger partial charge on any atom is 0.257 e. The second kappa shape index (κ2) is 6.88. The Morgan fingerprint density at radius 2 is 1.89 bits per heavy atom. The molecule has 1 aromatic heterocycles. The smallest absolute Gasteiger partial charge is 0.257 e. The second-order valence-corrected chi connectivity index (χ2v) is 9.07. The van der Waals surface area contributed by atoms with E-state index in [2.05, 4.69) is 16.8 Å². The van der Waals surface area contributed by atoms with E-state index in [1.165, 1.54) is 12.5 Å². The van der Waals surface area contributed by atoms with Crippen LogP contribution < -0.4 is 0 Å². The van der Waals surface area contributed by atoms with Crippen LogP contribution in [-0.2, 0) is 9.53 Å². The SMILES string of the molecule is CN1CC[C@]2(C(=O)N3C[C@H]4COC[C@H]4C3)CCCN(C(=O)c3ccoc3)[C@H]2C1. The lowest BCUT2D eigenvalue weighted by molar-refractivity contribution is -0.153. The number of likely N-dealkylation sites (tertiary alicyclic amines) is 3. The van der Waals surface area contributed by atoms with Gasteiger partial charge in [0.15, 0.2) is 0 Å². The Balaban J connectivity index is 1.43. The number of furan rings is 1. The van der Waals surface area contributed by atoms with Gasteiger partial charge in [-0.25, -0.2) is 0 Å². The van der Waals surface area contributed by atoms with Gasteiger partial charge in [-0.2, -0.15) is 0 Å². The Morgan fingerprint density at radius 1 is 1.11 bits per heavy atom. The molecule has 4 aliphatic rings. The van der Waals surface area contributed by atoms with Crippen molar-refractivity contribution in [3.8, 4) is 0 Å². The highest BCUT2D eigenvalue weighted by molar-refractivity contribution is 5.95. The molecule has 0 bridgehead atoms. The average molecular weight is 387 g/mol. The fourth-order valence-electron chi connectivity index (χ4n) is 5.85. The minimum Gasteiger partial charge on any atom is -0.472 e. The van der Waals surface area contributed by atoms with Crippen LogP contribution >= 0.6 is 0 Å². The lowest BCUT2D eigenvalue weighted by Gasteiger charge is -2.54. The minimum absolute atomic E-state index is 0.0161. The van der Waals surface area contributed by atoms with Crippen LogP contribution in [0.15, 0.2) is 23.0 Å². The Labute approximate surface area is 165 Å². The molecule has 7 heteroatoms. The van der Waals surface area contributed by atoms with Gasteiger partial charge in [0.1, 0.15) is 6.26 Å². The zero-order chi connectivity index (χ0) is 19.3. The van der Waals surface area contributed by atoms with Gasteiger partial charge in [0.25, 0.3) is 5.91 Å². The summed E-state index contributed by atoms with van der Waals surface area (Å²) in [4.78, 5) is 33.3. The topological polar surface area (TPSA) is 66.2 Å². The van der Waals surface area contributed by atoms with Crippen LogP contribution in [0, 0.1) is 17.3 Å². The van der Waals surface area contributed by atoms with Gasteiger partial charge in [-0.05, 0) is 38.9 Å². The predicted molar refractivity (Wildman–Crippen MR) is 102 cm³/mol. The number of piperidine rings is 2. The summed E-state index contributed by atoms with van der Waals surface area (Å²) in [6.07, 6.45) is 5.62. The maximum atomic E-state index is 13.9. The molecule has 4 saturated heterocycles. The monoisotopic (exact) mass is 387 g/mol. The van der Waals surface area contributed by atoms with E-state index >= 15 is 0 Å². The lowest BCUT2D eigenvalue weighted by Crippen LogP contribution is -2.66. The standard InChI is InChI=1S/C21H29N3O4/c1-22-7-5-21(20(26)23-9-16-13-28-14-17(16)10-23)4-2-6-24(18(21)11-22)19(25)15-3-8-27-12-15/h3,8,12,16-18H,2,4-7,9-11,13-14H2,1H3/t16-,17+,18-,21+/m0/s1. The molecular weight excluding hydrogens is 358 g/mol. The van der Waals surface area contributed by atoms with Crippen molar-refractivity contribution in [2.24, 2.45) is 17.3 Å². The third-order valence-electron chi connectivity index (χ3n) is 7.44. The summed E-state index contributed by atoms with van der Waals surface area (Å²) in [7, 11) is 2.08. The van der Waals surface area contributed by atoms with Gasteiger partial charge in [-0.15, -0.1) is 0 Å². The molecule has 7 nitrogen and oxygen atoms in total. The van der Waals surface area contributed by atoms with Gasteiger partial charge >= 0.3 is 0 Å². The molecule has 0 radical (unpaired) electrons.